The first kappa shape index (κ1) is 17.2. The van der Waals surface area contributed by atoms with E-state index in [2.05, 4.69) is 20.9 Å². The molecule has 0 aliphatic rings. The number of aromatic nitrogens is 1. The van der Waals surface area contributed by atoms with Crippen LogP contribution in [0.15, 0.2) is 12.1 Å². The second-order valence-electron chi connectivity index (χ2n) is 4.49. The number of nitrogens with one attached hydrogen (secondary N) is 3. The van der Waals surface area contributed by atoms with Crippen molar-refractivity contribution in [2.45, 2.75) is 26.7 Å². The van der Waals surface area contributed by atoms with Crippen molar-refractivity contribution in [2.75, 3.05) is 25.0 Å². The molecule has 1 aromatic heterocycles. The average molecular weight is 313 g/mol. The summed E-state index contributed by atoms with van der Waals surface area (Å²) in [6, 6.07) is 3.32. The van der Waals surface area contributed by atoms with Crippen LogP contribution in [0.1, 0.15) is 37.2 Å². The summed E-state index contributed by atoms with van der Waals surface area (Å²) >= 11 is 5.97. The fraction of sp³-hybridized carbons (Fsp3) is 0.500. The molecule has 6 nitrogen and oxygen atoms in total. The molecule has 0 unspecified atom stereocenters. The predicted octanol–water partition coefficient (Wildman–Crippen LogP) is 1.81. The zero-order valence-corrected chi connectivity index (χ0v) is 13.1. The first-order chi connectivity index (χ1) is 10.1. The maximum Gasteiger partial charge on any atom is 0.271 e. The Labute approximate surface area is 129 Å². The van der Waals surface area contributed by atoms with Crippen LogP contribution >= 0.6 is 11.6 Å². The molecule has 1 heterocycles. The van der Waals surface area contributed by atoms with E-state index in [0.717, 1.165) is 19.4 Å². The van der Waals surface area contributed by atoms with Crippen molar-refractivity contribution < 1.29 is 9.59 Å². The number of hydrogen-bond acceptors (Lipinski definition) is 4. The first-order valence-electron chi connectivity index (χ1n) is 7.03. The molecule has 0 saturated heterocycles. The summed E-state index contributed by atoms with van der Waals surface area (Å²) < 4.78 is 0. The summed E-state index contributed by atoms with van der Waals surface area (Å²) in [6.07, 6.45) is 1.79. The van der Waals surface area contributed by atoms with Crippen LogP contribution in [0, 0.1) is 0 Å². The average Bonchev–Trinajstić information content (AvgIpc) is 2.49. The zero-order valence-electron chi connectivity index (χ0n) is 12.3. The van der Waals surface area contributed by atoms with Crippen molar-refractivity contribution in [3.63, 3.8) is 0 Å². The fourth-order valence-electron chi connectivity index (χ4n) is 1.52. The molecular formula is C14H21ClN4O2. The van der Waals surface area contributed by atoms with Crippen LogP contribution in [0.5, 0.6) is 0 Å². The summed E-state index contributed by atoms with van der Waals surface area (Å²) in [4.78, 5) is 27.6. The molecular weight excluding hydrogens is 292 g/mol. The molecule has 3 N–H and O–H groups in total. The Balaban J connectivity index is 2.62. The zero-order chi connectivity index (χ0) is 15.7. The van der Waals surface area contributed by atoms with E-state index in [-0.39, 0.29) is 23.2 Å². The topological polar surface area (TPSA) is 83.1 Å². The highest BCUT2D eigenvalue weighted by molar-refractivity contribution is 6.33. The summed E-state index contributed by atoms with van der Waals surface area (Å²) in [5.74, 6) is -0.116. The highest BCUT2D eigenvalue weighted by Gasteiger charge is 2.14. The number of nitrogens with zero attached hydrogens (tertiary/aromatic N) is 1. The van der Waals surface area contributed by atoms with Gasteiger partial charge in [-0.1, -0.05) is 25.4 Å². The van der Waals surface area contributed by atoms with E-state index in [1.165, 1.54) is 0 Å². The normalized spacial score (nSPS) is 10.0. The lowest BCUT2D eigenvalue weighted by Gasteiger charge is -2.09. The van der Waals surface area contributed by atoms with E-state index in [1.54, 1.807) is 12.1 Å². The molecule has 0 radical (unpaired) electrons. The van der Waals surface area contributed by atoms with Crippen molar-refractivity contribution >= 4 is 29.2 Å². The first-order valence-corrected chi connectivity index (χ1v) is 7.41. The van der Waals surface area contributed by atoms with E-state index in [1.807, 2.05) is 13.8 Å². The molecule has 0 bridgehead atoms. The Morgan fingerprint density at radius 1 is 1.14 bits per heavy atom. The SMILES string of the molecule is CCCNC(=O)CNC(=O)c1nc(NCCC)ccc1Cl. The summed E-state index contributed by atoms with van der Waals surface area (Å²) in [5.41, 5.74) is 0.112. The molecule has 1 aromatic rings. The Morgan fingerprint density at radius 3 is 2.52 bits per heavy atom. The van der Waals surface area contributed by atoms with Gasteiger partial charge in [0.1, 0.15) is 11.5 Å². The van der Waals surface area contributed by atoms with Gasteiger partial charge in [0.25, 0.3) is 5.91 Å². The van der Waals surface area contributed by atoms with Crippen molar-refractivity contribution in [3.8, 4) is 0 Å². The molecule has 116 valence electrons. The number of hydrogen-bond donors (Lipinski definition) is 3. The molecule has 0 spiro atoms. The predicted molar refractivity (Wildman–Crippen MR) is 83.7 cm³/mol. The van der Waals surface area contributed by atoms with Gasteiger partial charge < -0.3 is 16.0 Å². The van der Waals surface area contributed by atoms with Gasteiger partial charge in [-0.3, -0.25) is 9.59 Å². The van der Waals surface area contributed by atoms with E-state index < -0.39 is 5.91 Å². The van der Waals surface area contributed by atoms with Gasteiger partial charge >= 0.3 is 0 Å². The molecule has 2 amide bonds. The minimum atomic E-state index is -0.466. The molecule has 7 heteroatoms. The lowest BCUT2D eigenvalue weighted by atomic mass is 10.3. The third kappa shape index (κ3) is 5.99. The number of carbonyl (C=O) groups excluding carboxylic acids is 2. The Morgan fingerprint density at radius 2 is 1.86 bits per heavy atom. The van der Waals surface area contributed by atoms with E-state index in [9.17, 15) is 9.59 Å². The van der Waals surface area contributed by atoms with Crippen LogP contribution in [0.2, 0.25) is 5.02 Å². The minimum Gasteiger partial charge on any atom is -0.370 e. The number of amides is 2. The minimum absolute atomic E-state index is 0.0938. The largest absolute Gasteiger partial charge is 0.370 e. The number of carbonyl (C=O) groups is 2. The van der Waals surface area contributed by atoms with Gasteiger partial charge in [-0.05, 0) is 25.0 Å². The molecule has 0 aliphatic heterocycles. The third-order valence-electron chi connectivity index (χ3n) is 2.60. The van der Waals surface area contributed by atoms with Gasteiger partial charge in [-0.2, -0.15) is 0 Å². The molecule has 0 aliphatic carbocycles. The molecule has 0 fully saturated rings. The van der Waals surface area contributed by atoms with Crippen LogP contribution in [0.25, 0.3) is 0 Å². The van der Waals surface area contributed by atoms with Gasteiger partial charge in [0.2, 0.25) is 5.91 Å². The van der Waals surface area contributed by atoms with Gasteiger partial charge in [0.15, 0.2) is 0 Å². The Hall–Kier alpha value is -1.82. The summed E-state index contributed by atoms with van der Waals surface area (Å²) in [6.45, 7) is 5.24. The maximum absolute atomic E-state index is 12.0. The third-order valence-corrected chi connectivity index (χ3v) is 2.90. The summed E-state index contributed by atoms with van der Waals surface area (Å²) in [5, 5.41) is 8.51. The maximum atomic E-state index is 12.0. The van der Waals surface area contributed by atoms with Crippen LogP contribution in [-0.4, -0.2) is 36.4 Å². The highest BCUT2D eigenvalue weighted by Crippen LogP contribution is 2.16. The number of halogens is 1. The number of rotatable bonds is 8. The van der Waals surface area contributed by atoms with Crippen molar-refractivity contribution in [3.05, 3.63) is 22.8 Å². The van der Waals surface area contributed by atoms with E-state index in [0.29, 0.717) is 12.4 Å². The Kier molecular flexibility index (Phi) is 7.53. The highest BCUT2D eigenvalue weighted by atomic mass is 35.5. The lowest BCUT2D eigenvalue weighted by Crippen LogP contribution is -2.37. The second-order valence-corrected chi connectivity index (χ2v) is 4.89. The quantitative estimate of drug-likeness (QED) is 0.683. The van der Waals surface area contributed by atoms with Gasteiger partial charge in [0, 0.05) is 13.1 Å². The van der Waals surface area contributed by atoms with Crippen molar-refractivity contribution in [2.24, 2.45) is 0 Å². The van der Waals surface area contributed by atoms with Crippen LogP contribution < -0.4 is 16.0 Å². The van der Waals surface area contributed by atoms with E-state index >= 15 is 0 Å². The van der Waals surface area contributed by atoms with Gasteiger partial charge in [-0.15, -0.1) is 0 Å². The molecule has 0 atom stereocenters. The lowest BCUT2D eigenvalue weighted by molar-refractivity contribution is -0.120. The molecule has 1 rings (SSSR count). The van der Waals surface area contributed by atoms with Crippen LogP contribution in [0.3, 0.4) is 0 Å². The molecule has 0 saturated carbocycles. The standard InChI is InChI=1S/C14H21ClN4O2/c1-3-7-16-11-6-5-10(15)13(19-11)14(21)18-9-12(20)17-8-4-2/h5-6H,3-4,7-9H2,1-2H3,(H,16,19)(H,17,20)(H,18,21). The monoisotopic (exact) mass is 312 g/mol. The van der Waals surface area contributed by atoms with E-state index in [4.69, 9.17) is 11.6 Å². The molecule has 0 aromatic carbocycles. The molecule has 21 heavy (non-hydrogen) atoms. The number of anilines is 1. The van der Waals surface area contributed by atoms with Gasteiger partial charge in [0.05, 0.1) is 11.6 Å². The smallest absolute Gasteiger partial charge is 0.271 e. The Bertz CT molecular complexity index is 494. The van der Waals surface area contributed by atoms with Crippen molar-refractivity contribution in [1.29, 1.82) is 0 Å². The van der Waals surface area contributed by atoms with Gasteiger partial charge in [-0.25, -0.2) is 4.98 Å². The summed E-state index contributed by atoms with van der Waals surface area (Å²) in [7, 11) is 0. The van der Waals surface area contributed by atoms with Crippen LogP contribution in [-0.2, 0) is 4.79 Å². The van der Waals surface area contributed by atoms with Crippen molar-refractivity contribution in [1.82, 2.24) is 15.6 Å². The fourth-order valence-corrected chi connectivity index (χ4v) is 1.72. The van der Waals surface area contributed by atoms with Crippen LogP contribution in [0.4, 0.5) is 5.82 Å². The number of pyridine rings is 1. The second kappa shape index (κ2) is 9.18.